The van der Waals surface area contributed by atoms with Gasteiger partial charge in [-0.1, -0.05) is 0 Å². The zero-order valence-electron chi connectivity index (χ0n) is 12.7. The fourth-order valence-corrected chi connectivity index (χ4v) is 2.99. The van der Waals surface area contributed by atoms with Gasteiger partial charge in [0.25, 0.3) is 5.91 Å². The minimum atomic E-state index is 0.0281. The van der Waals surface area contributed by atoms with Gasteiger partial charge in [0.15, 0.2) is 0 Å². The molecular weight excluding hydrogens is 286 g/mol. The number of aryl methyl sites for hydroxylation is 1. The molecule has 0 N–H and O–H groups in total. The first-order valence-corrected chi connectivity index (χ1v) is 7.45. The maximum atomic E-state index is 12.4. The molecule has 2 rings (SSSR count). The first-order valence-electron chi connectivity index (χ1n) is 6.57. The second-order valence-electron chi connectivity index (χ2n) is 4.77. The van der Waals surface area contributed by atoms with Crippen molar-refractivity contribution < 1.29 is 14.3 Å². The maximum Gasteiger partial charge on any atom is 0.264 e. The van der Waals surface area contributed by atoms with Crippen molar-refractivity contribution in [1.82, 2.24) is 4.90 Å². The average molecular weight is 305 g/mol. The Morgan fingerprint density at radius 1 is 1.24 bits per heavy atom. The van der Waals surface area contributed by atoms with Gasteiger partial charge in [-0.3, -0.25) is 4.79 Å². The maximum absolute atomic E-state index is 12.4. The molecule has 0 bridgehead atoms. The minimum absolute atomic E-state index is 0.0281. The van der Waals surface area contributed by atoms with Crippen LogP contribution in [0.1, 0.15) is 20.8 Å². The summed E-state index contributed by atoms with van der Waals surface area (Å²) in [5, 5.41) is 1.93. The molecule has 5 heteroatoms. The van der Waals surface area contributed by atoms with Gasteiger partial charge in [0, 0.05) is 25.2 Å². The van der Waals surface area contributed by atoms with Crippen molar-refractivity contribution >= 4 is 17.2 Å². The van der Waals surface area contributed by atoms with Gasteiger partial charge in [-0.15, -0.1) is 11.3 Å². The largest absolute Gasteiger partial charge is 0.497 e. The zero-order valence-corrected chi connectivity index (χ0v) is 13.5. The predicted molar refractivity (Wildman–Crippen MR) is 84.4 cm³/mol. The van der Waals surface area contributed by atoms with Gasteiger partial charge < -0.3 is 14.4 Å². The summed E-state index contributed by atoms with van der Waals surface area (Å²) in [5.74, 6) is 1.48. The van der Waals surface area contributed by atoms with Gasteiger partial charge in [0.05, 0.1) is 19.1 Å². The summed E-state index contributed by atoms with van der Waals surface area (Å²) in [4.78, 5) is 14.9. The number of benzene rings is 1. The molecule has 1 heterocycles. The van der Waals surface area contributed by atoms with E-state index in [9.17, 15) is 4.79 Å². The van der Waals surface area contributed by atoms with Gasteiger partial charge in [-0.2, -0.15) is 0 Å². The highest BCUT2D eigenvalue weighted by atomic mass is 32.1. The summed E-state index contributed by atoms with van der Waals surface area (Å²) in [7, 11) is 5.03. The average Bonchev–Trinajstić information content (AvgIpc) is 2.92. The van der Waals surface area contributed by atoms with Gasteiger partial charge in [-0.25, -0.2) is 0 Å². The third-order valence-electron chi connectivity index (χ3n) is 3.30. The molecule has 1 aromatic heterocycles. The summed E-state index contributed by atoms with van der Waals surface area (Å²) < 4.78 is 10.5. The molecule has 0 aliphatic rings. The van der Waals surface area contributed by atoms with E-state index in [1.807, 2.05) is 36.6 Å². The third kappa shape index (κ3) is 3.36. The molecule has 0 spiro atoms. The Balaban J connectivity index is 2.18. The van der Waals surface area contributed by atoms with Gasteiger partial charge in [0.2, 0.25) is 0 Å². The number of methoxy groups -OCH3 is 2. The van der Waals surface area contributed by atoms with Crippen molar-refractivity contribution in [2.75, 3.05) is 21.3 Å². The van der Waals surface area contributed by atoms with Crippen molar-refractivity contribution in [3.8, 4) is 11.5 Å². The van der Waals surface area contributed by atoms with Gasteiger partial charge in [-0.05, 0) is 36.1 Å². The topological polar surface area (TPSA) is 38.8 Å². The molecule has 4 nitrogen and oxygen atoms in total. The molecule has 0 fully saturated rings. The molecule has 0 saturated carbocycles. The Morgan fingerprint density at radius 3 is 2.57 bits per heavy atom. The Labute approximate surface area is 128 Å². The Hall–Kier alpha value is -2.01. The number of hydrogen-bond donors (Lipinski definition) is 0. The van der Waals surface area contributed by atoms with Gasteiger partial charge >= 0.3 is 0 Å². The first-order chi connectivity index (χ1) is 10.1. The number of thiophene rings is 1. The molecule has 0 unspecified atom stereocenters. The number of carbonyl (C=O) groups is 1. The molecule has 0 aliphatic carbocycles. The van der Waals surface area contributed by atoms with Crippen LogP contribution in [-0.4, -0.2) is 32.1 Å². The van der Waals surface area contributed by atoms with Crippen LogP contribution in [0, 0.1) is 6.92 Å². The monoisotopic (exact) mass is 305 g/mol. The lowest BCUT2D eigenvalue weighted by Gasteiger charge is -2.19. The quantitative estimate of drug-likeness (QED) is 0.850. The molecular formula is C16H19NO3S. The van der Waals surface area contributed by atoms with E-state index >= 15 is 0 Å². The lowest BCUT2D eigenvalue weighted by molar-refractivity contribution is 0.0788. The van der Waals surface area contributed by atoms with E-state index in [1.54, 1.807) is 26.2 Å². The molecule has 2 aromatic rings. The molecule has 0 aliphatic heterocycles. The Kier molecular flexibility index (Phi) is 4.85. The number of ether oxygens (including phenoxy) is 2. The van der Waals surface area contributed by atoms with Crippen LogP contribution in [0.5, 0.6) is 11.5 Å². The summed E-state index contributed by atoms with van der Waals surface area (Å²) in [6.07, 6.45) is 0. The number of carbonyl (C=O) groups excluding carboxylic acids is 1. The van der Waals surface area contributed by atoms with E-state index in [0.717, 1.165) is 27.5 Å². The van der Waals surface area contributed by atoms with Crippen LogP contribution >= 0.6 is 11.3 Å². The van der Waals surface area contributed by atoms with Crippen LogP contribution in [0.3, 0.4) is 0 Å². The van der Waals surface area contributed by atoms with E-state index in [1.165, 1.54) is 11.3 Å². The number of amides is 1. The smallest absolute Gasteiger partial charge is 0.264 e. The molecule has 112 valence electrons. The summed E-state index contributed by atoms with van der Waals surface area (Å²) in [6.45, 7) is 2.44. The van der Waals surface area contributed by atoms with E-state index in [4.69, 9.17) is 9.47 Å². The van der Waals surface area contributed by atoms with Crippen molar-refractivity contribution in [1.29, 1.82) is 0 Å². The van der Waals surface area contributed by atoms with E-state index in [0.29, 0.717) is 6.54 Å². The molecule has 1 amide bonds. The number of rotatable bonds is 5. The fourth-order valence-electron chi connectivity index (χ4n) is 2.07. The lowest BCUT2D eigenvalue weighted by atomic mass is 10.1. The van der Waals surface area contributed by atoms with E-state index in [-0.39, 0.29) is 5.91 Å². The summed E-state index contributed by atoms with van der Waals surface area (Å²) in [5.41, 5.74) is 1.96. The van der Waals surface area contributed by atoms with Crippen LogP contribution in [0.25, 0.3) is 0 Å². The highest BCUT2D eigenvalue weighted by molar-refractivity contribution is 7.12. The van der Waals surface area contributed by atoms with Crippen molar-refractivity contribution in [3.05, 3.63) is 45.6 Å². The number of nitrogens with zero attached hydrogens (tertiary/aromatic N) is 1. The highest BCUT2D eigenvalue weighted by Crippen LogP contribution is 2.26. The van der Waals surface area contributed by atoms with E-state index < -0.39 is 0 Å². The SMILES string of the molecule is COc1ccc(CN(C)C(=O)c2sccc2C)c(OC)c1. The van der Waals surface area contributed by atoms with Crippen molar-refractivity contribution in [2.45, 2.75) is 13.5 Å². The van der Waals surface area contributed by atoms with Crippen LogP contribution in [0.4, 0.5) is 0 Å². The van der Waals surface area contributed by atoms with Crippen LogP contribution < -0.4 is 9.47 Å². The van der Waals surface area contributed by atoms with Crippen LogP contribution in [-0.2, 0) is 6.54 Å². The standard InChI is InChI=1S/C16H19NO3S/c1-11-7-8-21-15(11)16(18)17(2)10-12-5-6-13(19-3)9-14(12)20-4/h5-9H,10H2,1-4H3. The van der Waals surface area contributed by atoms with Crippen molar-refractivity contribution in [2.24, 2.45) is 0 Å². The van der Waals surface area contributed by atoms with Crippen molar-refractivity contribution in [3.63, 3.8) is 0 Å². The minimum Gasteiger partial charge on any atom is -0.497 e. The lowest BCUT2D eigenvalue weighted by Crippen LogP contribution is -2.26. The van der Waals surface area contributed by atoms with E-state index in [2.05, 4.69) is 0 Å². The molecule has 0 saturated heterocycles. The first kappa shape index (κ1) is 15.4. The molecule has 0 radical (unpaired) electrons. The normalized spacial score (nSPS) is 10.3. The summed E-state index contributed by atoms with van der Waals surface area (Å²) >= 11 is 1.47. The third-order valence-corrected chi connectivity index (χ3v) is 4.31. The fraction of sp³-hybridized carbons (Fsp3) is 0.312. The second kappa shape index (κ2) is 6.63. The molecule has 21 heavy (non-hydrogen) atoms. The molecule has 0 atom stereocenters. The number of hydrogen-bond acceptors (Lipinski definition) is 4. The van der Waals surface area contributed by atoms with Crippen LogP contribution in [0.2, 0.25) is 0 Å². The highest BCUT2D eigenvalue weighted by Gasteiger charge is 2.17. The summed E-state index contributed by atoms with van der Waals surface area (Å²) in [6, 6.07) is 7.57. The van der Waals surface area contributed by atoms with Gasteiger partial charge in [0.1, 0.15) is 11.5 Å². The Morgan fingerprint density at radius 2 is 2.00 bits per heavy atom. The van der Waals surface area contributed by atoms with Crippen LogP contribution in [0.15, 0.2) is 29.6 Å². The molecule has 1 aromatic carbocycles. The zero-order chi connectivity index (χ0) is 15.4. The second-order valence-corrected chi connectivity index (χ2v) is 5.69. The predicted octanol–water partition coefficient (Wildman–Crippen LogP) is 3.35. The Bertz CT molecular complexity index is 636.